The van der Waals surface area contributed by atoms with Gasteiger partial charge in [0.2, 0.25) is 5.91 Å². The lowest BCUT2D eigenvalue weighted by Crippen LogP contribution is -2.45. The van der Waals surface area contributed by atoms with Gasteiger partial charge in [-0.25, -0.2) is 4.79 Å². The lowest BCUT2D eigenvalue weighted by Gasteiger charge is -2.25. The van der Waals surface area contributed by atoms with Gasteiger partial charge in [0, 0.05) is 5.02 Å². The fourth-order valence-electron chi connectivity index (χ4n) is 2.16. The second-order valence-corrected chi connectivity index (χ2v) is 5.55. The molecule has 5 nitrogen and oxygen atoms in total. The van der Waals surface area contributed by atoms with Crippen molar-refractivity contribution in [2.24, 2.45) is 0 Å². The molecule has 0 bridgehead atoms. The quantitative estimate of drug-likeness (QED) is 0.810. The Morgan fingerprint density at radius 1 is 1.38 bits per heavy atom. The third-order valence-corrected chi connectivity index (χ3v) is 3.36. The van der Waals surface area contributed by atoms with Gasteiger partial charge < -0.3 is 10.4 Å². The fraction of sp³-hybridized carbons (Fsp3) is 0.467. The van der Waals surface area contributed by atoms with Gasteiger partial charge in [0.25, 0.3) is 0 Å². The predicted octanol–water partition coefficient (Wildman–Crippen LogP) is 2.31. The number of hydrogen-bond donors (Lipinski definition) is 2. The molecular formula is C15H21ClN2O3. The zero-order chi connectivity index (χ0) is 16.0. The van der Waals surface area contributed by atoms with Gasteiger partial charge in [-0.2, -0.15) is 0 Å². The Bertz CT molecular complexity index is 505. The van der Waals surface area contributed by atoms with E-state index in [4.69, 9.17) is 16.7 Å². The van der Waals surface area contributed by atoms with Crippen molar-refractivity contribution in [2.45, 2.75) is 31.8 Å². The molecule has 0 heterocycles. The minimum atomic E-state index is -1.02. The van der Waals surface area contributed by atoms with Crippen molar-refractivity contribution in [3.63, 3.8) is 0 Å². The Hall–Kier alpha value is -1.59. The number of likely N-dealkylation sites (N-methyl/N-ethyl adjacent to an activating group) is 1. The first-order valence-electron chi connectivity index (χ1n) is 6.81. The summed E-state index contributed by atoms with van der Waals surface area (Å²) >= 11 is 5.96. The largest absolute Gasteiger partial charge is 0.480 e. The van der Waals surface area contributed by atoms with Crippen LogP contribution in [0.1, 0.15) is 31.4 Å². The number of carboxylic acid groups (broad SMARTS) is 1. The summed E-state index contributed by atoms with van der Waals surface area (Å²) in [6.07, 6.45) is 1.08. The van der Waals surface area contributed by atoms with Gasteiger partial charge in [0.1, 0.15) is 12.1 Å². The van der Waals surface area contributed by atoms with Gasteiger partial charge in [-0.15, -0.1) is 0 Å². The van der Waals surface area contributed by atoms with Crippen molar-refractivity contribution < 1.29 is 14.7 Å². The first kappa shape index (κ1) is 17.5. The molecule has 0 saturated carbocycles. The summed E-state index contributed by atoms with van der Waals surface area (Å²) in [6.45, 7) is 1.88. The number of carboxylic acids is 1. The van der Waals surface area contributed by atoms with Crippen molar-refractivity contribution >= 4 is 23.5 Å². The smallest absolute Gasteiger partial charge is 0.326 e. The Kier molecular flexibility index (Phi) is 6.65. The van der Waals surface area contributed by atoms with Gasteiger partial charge in [-0.05, 0) is 38.2 Å². The highest BCUT2D eigenvalue weighted by molar-refractivity contribution is 6.30. The van der Waals surface area contributed by atoms with Crippen LogP contribution in [0.3, 0.4) is 0 Å². The molecule has 2 atom stereocenters. The van der Waals surface area contributed by atoms with Crippen molar-refractivity contribution in [3.8, 4) is 0 Å². The molecule has 116 valence electrons. The van der Waals surface area contributed by atoms with E-state index in [1.165, 1.54) is 0 Å². The topological polar surface area (TPSA) is 69.6 Å². The maximum atomic E-state index is 12.4. The number of halogens is 1. The van der Waals surface area contributed by atoms with Crippen LogP contribution in [0, 0.1) is 0 Å². The third kappa shape index (κ3) is 5.02. The molecule has 1 aromatic carbocycles. The monoisotopic (exact) mass is 312 g/mol. The number of hydrogen-bond acceptors (Lipinski definition) is 3. The Labute approximate surface area is 129 Å². The van der Waals surface area contributed by atoms with Gasteiger partial charge in [-0.1, -0.05) is 37.1 Å². The molecule has 0 aliphatic rings. The number of carbonyl (C=O) groups is 2. The first-order chi connectivity index (χ1) is 9.86. The summed E-state index contributed by atoms with van der Waals surface area (Å²) in [7, 11) is 3.53. The van der Waals surface area contributed by atoms with Crippen LogP contribution in [0.25, 0.3) is 0 Å². The number of benzene rings is 1. The molecule has 1 amide bonds. The van der Waals surface area contributed by atoms with Crippen LogP contribution in [0.15, 0.2) is 24.3 Å². The maximum absolute atomic E-state index is 12.4. The highest BCUT2D eigenvalue weighted by atomic mass is 35.5. The maximum Gasteiger partial charge on any atom is 0.326 e. The molecule has 0 spiro atoms. The highest BCUT2D eigenvalue weighted by Gasteiger charge is 2.27. The van der Waals surface area contributed by atoms with Crippen LogP contribution in [-0.4, -0.2) is 42.0 Å². The molecule has 0 fully saturated rings. The number of aliphatic carboxylic acids is 1. The summed E-state index contributed by atoms with van der Waals surface area (Å²) in [5.74, 6) is -1.36. The third-order valence-electron chi connectivity index (χ3n) is 3.12. The van der Waals surface area contributed by atoms with E-state index in [1.807, 2.05) is 6.92 Å². The summed E-state index contributed by atoms with van der Waals surface area (Å²) < 4.78 is 0. The van der Waals surface area contributed by atoms with Crippen LogP contribution in [-0.2, 0) is 9.59 Å². The molecule has 2 unspecified atom stereocenters. The van der Waals surface area contributed by atoms with Crippen molar-refractivity contribution in [1.82, 2.24) is 10.2 Å². The minimum Gasteiger partial charge on any atom is -0.480 e. The van der Waals surface area contributed by atoms with Crippen molar-refractivity contribution in [1.29, 1.82) is 0 Å². The zero-order valence-electron chi connectivity index (χ0n) is 12.5. The number of nitrogens with zero attached hydrogens (tertiary/aromatic N) is 1. The number of amides is 1. The van der Waals surface area contributed by atoms with E-state index in [0.29, 0.717) is 17.9 Å². The second-order valence-electron chi connectivity index (χ2n) is 5.11. The first-order valence-corrected chi connectivity index (χ1v) is 7.19. The SMILES string of the molecule is CCCC(NC(=O)C(c1cccc(Cl)c1)N(C)C)C(=O)O. The molecular weight excluding hydrogens is 292 g/mol. The van der Waals surface area contributed by atoms with E-state index >= 15 is 0 Å². The lowest BCUT2D eigenvalue weighted by molar-refractivity contribution is -0.142. The van der Waals surface area contributed by atoms with Crippen molar-refractivity contribution in [2.75, 3.05) is 14.1 Å². The molecule has 21 heavy (non-hydrogen) atoms. The van der Waals surface area contributed by atoms with E-state index in [9.17, 15) is 9.59 Å². The number of nitrogens with one attached hydrogen (secondary N) is 1. The molecule has 1 rings (SSSR count). The molecule has 0 aliphatic heterocycles. The van der Waals surface area contributed by atoms with E-state index in [2.05, 4.69) is 5.32 Å². The van der Waals surface area contributed by atoms with Gasteiger partial charge in [0.15, 0.2) is 0 Å². The molecule has 0 saturated heterocycles. The summed E-state index contributed by atoms with van der Waals surface area (Å²) in [4.78, 5) is 25.3. The fourth-order valence-corrected chi connectivity index (χ4v) is 2.36. The number of rotatable bonds is 7. The Balaban J connectivity index is 2.95. The number of carbonyl (C=O) groups excluding carboxylic acids is 1. The molecule has 0 aromatic heterocycles. The standard InChI is InChI=1S/C15H21ClN2O3/c1-4-6-12(15(20)21)17-14(19)13(18(2)3)10-7-5-8-11(16)9-10/h5,7-9,12-13H,4,6H2,1-3H3,(H,17,19)(H,20,21). The second kappa shape index (κ2) is 8.00. The van der Waals surface area contributed by atoms with Gasteiger partial charge in [-0.3, -0.25) is 9.69 Å². The van der Waals surface area contributed by atoms with Crippen molar-refractivity contribution in [3.05, 3.63) is 34.9 Å². The van der Waals surface area contributed by atoms with Crippen LogP contribution < -0.4 is 5.32 Å². The van der Waals surface area contributed by atoms with Crippen LogP contribution in [0.2, 0.25) is 5.02 Å². The van der Waals surface area contributed by atoms with Crippen LogP contribution in [0.4, 0.5) is 0 Å². The molecule has 6 heteroatoms. The summed E-state index contributed by atoms with van der Waals surface area (Å²) in [5.41, 5.74) is 0.727. The Morgan fingerprint density at radius 3 is 2.52 bits per heavy atom. The van der Waals surface area contributed by atoms with Crippen LogP contribution >= 0.6 is 11.6 Å². The zero-order valence-corrected chi connectivity index (χ0v) is 13.2. The molecule has 0 aliphatic carbocycles. The molecule has 2 N–H and O–H groups in total. The van der Waals surface area contributed by atoms with Gasteiger partial charge in [0.05, 0.1) is 0 Å². The highest BCUT2D eigenvalue weighted by Crippen LogP contribution is 2.22. The average Bonchev–Trinajstić information content (AvgIpc) is 2.37. The molecule has 0 radical (unpaired) electrons. The van der Waals surface area contributed by atoms with Gasteiger partial charge >= 0.3 is 5.97 Å². The minimum absolute atomic E-state index is 0.344. The normalized spacial score (nSPS) is 13.8. The Morgan fingerprint density at radius 2 is 2.05 bits per heavy atom. The van der Waals surface area contributed by atoms with E-state index in [-0.39, 0.29) is 5.91 Å². The summed E-state index contributed by atoms with van der Waals surface area (Å²) in [5, 5.41) is 12.3. The lowest BCUT2D eigenvalue weighted by atomic mass is 10.0. The summed E-state index contributed by atoms with van der Waals surface area (Å²) in [6, 6.07) is 5.55. The predicted molar refractivity (Wildman–Crippen MR) is 82.4 cm³/mol. The van der Waals surface area contributed by atoms with E-state index < -0.39 is 18.1 Å². The molecule has 1 aromatic rings. The van der Waals surface area contributed by atoms with Crippen LogP contribution in [0.5, 0.6) is 0 Å². The average molecular weight is 313 g/mol. The van der Waals surface area contributed by atoms with E-state index in [1.54, 1.807) is 43.3 Å². The van der Waals surface area contributed by atoms with E-state index in [0.717, 1.165) is 5.56 Å².